The van der Waals surface area contributed by atoms with Crippen LogP contribution in [0.5, 0.6) is 5.75 Å². The average molecular weight is 282 g/mol. The van der Waals surface area contributed by atoms with Gasteiger partial charge in [-0.15, -0.1) is 0 Å². The highest BCUT2D eigenvalue weighted by Crippen LogP contribution is 2.20. The van der Waals surface area contributed by atoms with E-state index >= 15 is 0 Å². The van der Waals surface area contributed by atoms with E-state index in [0.717, 1.165) is 0 Å². The number of esters is 2. The van der Waals surface area contributed by atoms with E-state index in [0.29, 0.717) is 5.75 Å². The van der Waals surface area contributed by atoms with E-state index in [1.807, 2.05) is 0 Å². The van der Waals surface area contributed by atoms with E-state index in [-0.39, 0.29) is 17.6 Å². The molecule has 108 valence electrons. The van der Waals surface area contributed by atoms with Crippen LogP contribution in [0.3, 0.4) is 0 Å². The third-order valence-electron chi connectivity index (χ3n) is 2.55. The molecule has 0 N–H and O–H groups in total. The molecule has 20 heavy (non-hydrogen) atoms. The number of rotatable bonds is 5. The van der Waals surface area contributed by atoms with Gasteiger partial charge in [-0.2, -0.15) is 0 Å². The van der Waals surface area contributed by atoms with Crippen LogP contribution in [0.15, 0.2) is 23.8 Å². The van der Waals surface area contributed by atoms with Crippen LogP contribution in [0.25, 0.3) is 6.08 Å². The predicted octanol–water partition coefficient (Wildman–Crippen LogP) is 1.95. The Hall–Kier alpha value is -2.37. The third-order valence-corrected chi connectivity index (χ3v) is 2.55. The summed E-state index contributed by atoms with van der Waals surface area (Å²) in [5.74, 6) is -1.55. The van der Waals surface area contributed by atoms with Gasteiger partial charge in [-0.1, -0.05) is 0 Å². The first kappa shape index (κ1) is 15.7. The Morgan fingerprint density at radius 3 is 2.40 bits per heavy atom. The molecule has 0 saturated heterocycles. The lowest BCUT2D eigenvalue weighted by Crippen LogP contribution is -2.11. The van der Waals surface area contributed by atoms with Crippen LogP contribution in [0.1, 0.15) is 12.0 Å². The minimum atomic E-state index is -0.717. The van der Waals surface area contributed by atoms with Crippen LogP contribution >= 0.6 is 0 Å². The van der Waals surface area contributed by atoms with E-state index in [2.05, 4.69) is 9.47 Å². The molecular formula is C14H15FO5. The molecule has 0 atom stereocenters. The maximum atomic E-state index is 13.8. The molecule has 0 heterocycles. The van der Waals surface area contributed by atoms with Gasteiger partial charge >= 0.3 is 11.9 Å². The standard InChI is InChI=1S/C14H15FO5/c1-18-11-5-4-9(12(15)8-11)6-10(14(17)20-3)7-13(16)19-2/h4-6,8H,7H2,1-3H3/b10-6+. The maximum absolute atomic E-state index is 13.8. The fourth-order valence-electron chi connectivity index (χ4n) is 1.48. The van der Waals surface area contributed by atoms with Crippen molar-refractivity contribution in [3.8, 4) is 5.75 Å². The molecule has 0 saturated carbocycles. The van der Waals surface area contributed by atoms with Crippen molar-refractivity contribution in [1.29, 1.82) is 0 Å². The minimum absolute atomic E-state index is 0.00316. The number of benzene rings is 1. The second-order valence-corrected chi connectivity index (χ2v) is 3.80. The second-order valence-electron chi connectivity index (χ2n) is 3.80. The Morgan fingerprint density at radius 2 is 1.90 bits per heavy atom. The van der Waals surface area contributed by atoms with Crippen molar-refractivity contribution >= 4 is 18.0 Å². The highest BCUT2D eigenvalue weighted by molar-refractivity contribution is 5.98. The van der Waals surface area contributed by atoms with Crippen LogP contribution in [0.2, 0.25) is 0 Å². The summed E-state index contributed by atoms with van der Waals surface area (Å²) in [5.41, 5.74) is 0.151. The number of hydrogen-bond acceptors (Lipinski definition) is 5. The van der Waals surface area contributed by atoms with Gasteiger partial charge < -0.3 is 14.2 Å². The van der Waals surface area contributed by atoms with Gasteiger partial charge in [0.15, 0.2) is 0 Å². The molecule has 0 aromatic heterocycles. The van der Waals surface area contributed by atoms with Crippen molar-refractivity contribution in [2.75, 3.05) is 21.3 Å². The Bertz CT molecular complexity index is 536. The van der Waals surface area contributed by atoms with Gasteiger partial charge in [0.05, 0.1) is 27.8 Å². The number of carbonyl (C=O) groups excluding carboxylic acids is 2. The summed E-state index contributed by atoms with van der Waals surface area (Å²) < 4.78 is 27.7. The first-order valence-corrected chi connectivity index (χ1v) is 5.71. The SMILES string of the molecule is COC(=O)C/C(=C\c1ccc(OC)cc1F)C(=O)OC. The van der Waals surface area contributed by atoms with Crippen molar-refractivity contribution in [3.63, 3.8) is 0 Å². The van der Waals surface area contributed by atoms with E-state index < -0.39 is 17.8 Å². The normalized spacial score (nSPS) is 10.9. The van der Waals surface area contributed by atoms with Gasteiger partial charge in [-0.05, 0) is 18.2 Å². The molecule has 6 heteroatoms. The highest BCUT2D eigenvalue weighted by Gasteiger charge is 2.16. The van der Waals surface area contributed by atoms with Gasteiger partial charge in [0.2, 0.25) is 0 Å². The Kier molecular flexibility index (Phi) is 5.71. The highest BCUT2D eigenvalue weighted by atomic mass is 19.1. The molecule has 0 fully saturated rings. The quantitative estimate of drug-likeness (QED) is 0.610. The summed E-state index contributed by atoms with van der Waals surface area (Å²) in [6.07, 6.45) is 0.951. The van der Waals surface area contributed by atoms with Crippen LogP contribution in [0.4, 0.5) is 4.39 Å². The van der Waals surface area contributed by atoms with Crippen LogP contribution in [-0.2, 0) is 19.1 Å². The molecule has 0 bridgehead atoms. The molecule has 0 aliphatic carbocycles. The zero-order valence-electron chi connectivity index (χ0n) is 11.4. The molecule has 0 aliphatic heterocycles. The molecule has 5 nitrogen and oxygen atoms in total. The van der Waals surface area contributed by atoms with Gasteiger partial charge in [0, 0.05) is 17.2 Å². The van der Waals surface area contributed by atoms with Crippen molar-refractivity contribution in [1.82, 2.24) is 0 Å². The molecule has 0 unspecified atom stereocenters. The Balaban J connectivity index is 3.12. The van der Waals surface area contributed by atoms with Crippen LogP contribution in [0, 0.1) is 5.82 Å². The fourth-order valence-corrected chi connectivity index (χ4v) is 1.48. The summed E-state index contributed by atoms with van der Waals surface area (Å²) in [6.45, 7) is 0. The number of halogens is 1. The fraction of sp³-hybridized carbons (Fsp3) is 0.286. The summed E-state index contributed by atoms with van der Waals surface area (Å²) >= 11 is 0. The molecule has 1 aromatic carbocycles. The second kappa shape index (κ2) is 7.28. The zero-order valence-corrected chi connectivity index (χ0v) is 11.4. The van der Waals surface area contributed by atoms with Crippen molar-refractivity contribution in [2.24, 2.45) is 0 Å². The maximum Gasteiger partial charge on any atom is 0.334 e. The predicted molar refractivity (Wildman–Crippen MR) is 69.6 cm³/mol. The molecular weight excluding hydrogens is 267 g/mol. The number of ether oxygens (including phenoxy) is 3. The average Bonchev–Trinajstić information content (AvgIpc) is 2.47. The molecule has 1 aromatic rings. The molecule has 0 amide bonds. The van der Waals surface area contributed by atoms with E-state index in [1.165, 1.54) is 39.5 Å². The van der Waals surface area contributed by atoms with Crippen molar-refractivity contribution in [3.05, 3.63) is 35.2 Å². The van der Waals surface area contributed by atoms with Crippen LogP contribution < -0.4 is 4.74 Å². The monoisotopic (exact) mass is 282 g/mol. The lowest BCUT2D eigenvalue weighted by Gasteiger charge is -2.06. The van der Waals surface area contributed by atoms with Gasteiger partial charge in [0.25, 0.3) is 0 Å². The van der Waals surface area contributed by atoms with E-state index in [9.17, 15) is 14.0 Å². The third kappa shape index (κ3) is 4.08. The first-order chi connectivity index (χ1) is 9.51. The van der Waals surface area contributed by atoms with E-state index in [1.54, 1.807) is 6.07 Å². The number of carbonyl (C=O) groups is 2. The van der Waals surface area contributed by atoms with Crippen molar-refractivity contribution in [2.45, 2.75) is 6.42 Å². The first-order valence-electron chi connectivity index (χ1n) is 5.71. The summed E-state index contributed by atoms with van der Waals surface area (Å²) in [5, 5.41) is 0. The lowest BCUT2D eigenvalue weighted by atomic mass is 10.1. The summed E-state index contributed by atoms with van der Waals surface area (Å²) in [4.78, 5) is 22.8. The zero-order chi connectivity index (χ0) is 15.1. The number of methoxy groups -OCH3 is 3. The Morgan fingerprint density at radius 1 is 1.20 bits per heavy atom. The van der Waals surface area contributed by atoms with Crippen LogP contribution in [-0.4, -0.2) is 33.3 Å². The largest absolute Gasteiger partial charge is 0.497 e. The minimum Gasteiger partial charge on any atom is -0.497 e. The van der Waals surface area contributed by atoms with E-state index in [4.69, 9.17) is 4.74 Å². The topological polar surface area (TPSA) is 61.8 Å². The molecule has 0 aliphatic rings. The van der Waals surface area contributed by atoms with Gasteiger partial charge in [0.1, 0.15) is 11.6 Å². The van der Waals surface area contributed by atoms with Gasteiger partial charge in [-0.25, -0.2) is 9.18 Å². The van der Waals surface area contributed by atoms with Crippen molar-refractivity contribution < 1.29 is 28.2 Å². The van der Waals surface area contributed by atoms with Gasteiger partial charge in [-0.3, -0.25) is 4.79 Å². The summed E-state index contributed by atoms with van der Waals surface area (Å²) in [7, 11) is 3.80. The molecule has 1 rings (SSSR count). The number of hydrogen-bond donors (Lipinski definition) is 0. The smallest absolute Gasteiger partial charge is 0.334 e. The molecule has 0 radical (unpaired) electrons. The lowest BCUT2D eigenvalue weighted by molar-refractivity contribution is -0.143. The Labute approximate surface area is 115 Å². The summed E-state index contributed by atoms with van der Waals surface area (Å²) in [6, 6.07) is 4.16. The molecule has 0 spiro atoms.